The molecule has 1 atom stereocenters. The summed E-state index contributed by atoms with van der Waals surface area (Å²) in [6, 6.07) is 34.7. The minimum atomic E-state index is -0.162. The Morgan fingerprint density at radius 2 is 1.27 bits per heavy atom. The van der Waals surface area contributed by atoms with Crippen LogP contribution in [0.15, 0.2) is 109 Å². The number of carbonyl (C=O) groups excluding carboxylic acids is 1. The summed E-state index contributed by atoms with van der Waals surface area (Å²) >= 11 is 1.72. The smallest absolute Gasteiger partial charge is 0.275 e. The molecule has 4 aromatic rings. The van der Waals surface area contributed by atoms with E-state index < -0.39 is 0 Å². The summed E-state index contributed by atoms with van der Waals surface area (Å²) < 4.78 is 0. The average molecular weight is 414 g/mol. The van der Waals surface area contributed by atoms with Crippen LogP contribution in [0.4, 0.5) is 0 Å². The minimum absolute atomic E-state index is 0.0187. The zero-order valence-electron chi connectivity index (χ0n) is 16.6. The molecule has 0 aliphatic rings. The van der Waals surface area contributed by atoms with Crippen LogP contribution in [0.3, 0.4) is 0 Å². The lowest BCUT2D eigenvalue weighted by Gasteiger charge is -2.20. The number of quaternary nitrogens is 1. The summed E-state index contributed by atoms with van der Waals surface area (Å²) in [6.45, 7) is 0.355. The molecule has 3 N–H and O–H groups in total. The Morgan fingerprint density at radius 3 is 1.77 bits per heavy atom. The van der Waals surface area contributed by atoms with Gasteiger partial charge in [0.05, 0.1) is 10.9 Å². The number of thiophene rings is 1. The van der Waals surface area contributed by atoms with Crippen molar-refractivity contribution in [1.29, 1.82) is 0 Å². The maximum atomic E-state index is 13.0. The molecule has 0 spiro atoms. The Labute approximate surface area is 181 Å². The lowest BCUT2D eigenvalue weighted by atomic mass is 9.98. The standard InChI is InChI=1S/C26H24N2OS/c29-24(19-27-26(23-17-10-18-30-23)22-15-8-3-9-16-22)28-25(20-11-4-1-5-12-20)21-13-6-2-7-14-21/h1-18,25-27H,19H2,(H,28,29)/p+1/t26-/m1/s1. The molecule has 4 heteroatoms. The number of nitrogens with two attached hydrogens (primary N) is 1. The van der Waals surface area contributed by atoms with Gasteiger partial charge in [-0.05, 0) is 22.6 Å². The molecule has 0 saturated heterocycles. The molecule has 1 aromatic heterocycles. The fourth-order valence-electron chi connectivity index (χ4n) is 3.64. The van der Waals surface area contributed by atoms with Gasteiger partial charge in [-0.15, -0.1) is 11.3 Å². The van der Waals surface area contributed by atoms with Gasteiger partial charge < -0.3 is 10.6 Å². The number of benzene rings is 3. The highest BCUT2D eigenvalue weighted by Gasteiger charge is 2.22. The van der Waals surface area contributed by atoms with Gasteiger partial charge in [-0.1, -0.05) is 97.1 Å². The Morgan fingerprint density at radius 1 is 0.733 bits per heavy atom. The second kappa shape index (κ2) is 10.0. The van der Waals surface area contributed by atoms with Crippen LogP contribution in [-0.4, -0.2) is 12.5 Å². The first-order chi connectivity index (χ1) is 14.8. The van der Waals surface area contributed by atoms with E-state index in [-0.39, 0.29) is 18.0 Å². The van der Waals surface area contributed by atoms with E-state index in [9.17, 15) is 4.79 Å². The molecule has 4 rings (SSSR count). The molecule has 0 radical (unpaired) electrons. The highest BCUT2D eigenvalue weighted by molar-refractivity contribution is 7.10. The largest absolute Gasteiger partial charge is 0.340 e. The molecule has 0 saturated carbocycles. The molecule has 0 aliphatic carbocycles. The maximum absolute atomic E-state index is 13.0. The lowest BCUT2D eigenvalue weighted by molar-refractivity contribution is -0.676. The first-order valence-electron chi connectivity index (χ1n) is 10.1. The summed E-state index contributed by atoms with van der Waals surface area (Å²) in [6.07, 6.45) is 0. The van der Waals surface area contributed by atoms with Crippen LogP contribution < -0.4 is 10.6 Å². The molecule has 150 valence electrons. The van der Waals surface area contributed by atoms with E-state index in [2.05, 4.69) is 64.5 Å². The molecule has 0 bridgehead atoms. The van der Waals surface area contributed by atoms with E-state index >= 15 is 0 Å². The van der Waals surface area contributed by atoms with Crippen LogP contribution in [0.25, 0.3) is 0 Å². The van der Waals surface area contributed by atoms with Crippen molar-refractivity contribution in [3.8, 4) is 0 Å². The molecule has 0 fully saturated rings. The van der Waals surface area contributed by atoms with Crippen molar-refractivity contribution >= 4 is 17.2 Å². The monoisotopic (exact) mass is 413 g/mol. The summed E-state index contributed by atoms with van der Waals surface area (Å²) in [7, 11) is 0. The molecule has 3 nitrogen and oxygen atoms in total. The van der Waals surface area contributed by atoms with Gasteiger partial charge in [0, 0.05) is 5.56 Å². The highest BCUT2D eigenvalue weighted by atomic mass is 32.1. The van der Waals surface area contributed by atoms with Gasteiger partial charge in [0.2, 0.25) is 0 Å². The second-order valence-electron chi connectivity index (χ2n) is 7.17. The normalized spacial score (nSPS) is 11.9. The molecule has 30 heavy (non-hydrogen) atoms. The fraction of sp³-hybridized carbons (Fsp3) is 0.115. The first-order valence-corrected chi connectivity index (χ1v) is 11.0. The van der Waals surface area contributed by atoms with Gasteiger partial charge in [-0.3, -0.25) is 4.79 Å². The predicted molar refractivity (Wildman–Crippen MR) is 122 cm³/mol. The number of amides is 1. The lowest BCUT2D eigenvalue weighted by Crippen LogP contribution is -2.87. The summed E-state index contributed by atoms with van der Waals surface area (Å²) in [4.78, 5) is 14.2. The maximum Gasteiger partial charge on any atom is 0.275 e. The summed E-state index contributed by atoms with van der Waals surface area (Å²) in [5.41, 5.74) is 3.36. The summed E-state index contributed by atoms with van der Waals surface area (Å²) in [5.74, 6) is 0.0187. The van der Waals surface area contributed by atoms with Crippen molar-refractivity contribution in [1.82, 2.24) is 5.32 Å². The number of nitrogens with one attached hydrogen (secondary N) is 1. The van der Waals surface area contributed by atoms with Crippen molar-refractivity contribution in [3.63, 3.8) is 0 Å². The van der Waals surface area contributed by atoms with Crippen molar-refractivity contribution < 1.29 is 10.1 Å². The quantitative estimate of drug-likeness (QED) is 0.444. The van der Waals surface area contributed by atoms with Crippen molar-refractivity contribution in [2.75, 3.05) is 6.54 Å². The molecule has 0 aliphatic heterocycles. The highest BCUT2D eigenvalue weighted by Crippen LogP contribution is 2.23. The number of rotatable bonds is 8. The average Bonchev–Trinajstić information content (AvgIpc) is 3.34. The summed E-state index contributed by atoms with van der Waals surface area (Å²) in [5, 5.41) is 7.43. The number of carbonyl (C=O) groups is 1. The van der Waals surface area contributed by atoms with E-state index in [1.165, 1.54) is 10.4 Å². The fourth-order valence-corrected chi connectivity index (χ4v) is 4.49. The minimum Gasteiger partial charge on any atom is -0.340 e. The van der Waals surface area contributed by atoms with Crippen LogP contribution in [-0.2, 0) is 4.79 Å². The SMILES string of the molecule is O=C(C[NH2+][C@H](c1ccccc1)c1cccs1)NC(c1ccccc1)c1ccccc1. The van der Waals surface area contributed by atoms with Gasteiger partial charge in [-0.25, -0.2) is 0 Å². The van der Waals surface area contributed by atoms with E-state index in [0.717, 1.165) is 11.1 Å². The first kappa shape index (κ1) is 20.1. The van der Waals surface area contributed by atoms with Gasteiger partial charge >= 0.3 is 0 Å². The van der Waals surface area contributed by atoms with Crippen LogP contribution in [0.2, 0.25) is 0 Å². The van der Waals surface area contributed by atoms with E-state index in [1.807, 2.05) is 54.6 Å². The third-order valence-corrected chi connectivity index (χ3v) is 6.07. The van der Waals surface area contributed by atoms with Gasteiger partial charge in [-0.2, -0.15) is 0 Å². The number of hydrogen-bond donors (Lipinski definition) is 2. The Balaban J connectivity index is 1.49. The Bertz CT molecular complexity index is 995. The van der Waals surface area contributed by atoms with E-state index in [4.69, 9.17) is 0 Å². The van der Waals surface area contributed by atoms with Crippen molar-refractivity contribution in [2.24, 2.45) is 0 Å². The molecular formula is C26H25N2OS+. The van der Waals surface area contributed by atoms with Crippen LogP contribution in [0.1, 0.15) is 33.7 Å². The Hall–Kier alpha value is -3.21. The zero-order chi connectivity index (χ0) is 20.6. The third-order valence-electron chi connectivity index (χ3n) is 5.12. The topological polar surface area (TPSA) is 45.7 Å². The van der Waals surface area contributed by atoms with E-state index in [0.29, 0.717) is 6.54 Å². The third kappa shape index (κ3) is 5.03. The van der Waals surface area contributed by atoms with E-state index in [1.54, 1.807) is 11.3 Å². The van der Waals surface area contributed by atoms with Crippen LogP contribution in [0.5, 0.6) is 0 Å². The van der Waals surface area contributed by atoms with Crippen LogP contribution >= 0.6 is 11.3 Å². The van der Waals surface area contributed by atoms with Crippen LogP contribution in [0, 0.1) is 0 Å². The van der Waals surface area contributed by atoms with Crippen molar-refractivity contribution in [3.05, 3.63) is 130 Å². The molecule has 1 heterocycles. The van der Waals surface area contributed by atoms with Gasteiger partial charge in [0.1, 0.15) is 6.04 Å². The molecule has 0 unspecified atom stereocenters. The van der Waals surface area contributed by atoms with Crippen molar-refractivity contribution in [2.45, 2.75) is 12.1 Å². The second-order valence-corrected chi connectivity index (χ2v) is 8.14. The Kier molecular flexibility index (Phi) is 6.70. The number of hydrogen-bond acceptors (Lipinski definition) is 2. The van der Waals surface area contributed by atoms with Gasteiger partial charge in [0.15, 0.2) is 6.54 Å². The zero-order valence-corrected chi connectivity index (χ0v) is 17.5. The molecular weight excluding hydrogens is 388 g/mol. The van der Waals surface area contributed by atoms with Gasteiger partial charge in [0.25, 0.3) is 5.91 Å². The predicted octanol–water partition coefficient (Wildman–Crippen LogP) is 4.31. The molecule has 3 aromatic carbocycles. The molecule has 1 amide bonds.